The van der Waals surface area contributed by atoms with Gasteiger partial charge in [-0.05, 0) is 41.0 Å². The van der Waals surface area contributed by atoms with E-state index in [-0.39, 0.29) is 47.0 Å². The van der Waals surface area contributed by atoms with Crippen LogP contribution < -0.4 is 5.32 Å². The summed E-state index contributed by atoms with van der Waals surface area (Å²) >= 11 is 0. The molecule has 13 nitrogen and oxygen atoms in total. The summed E-state index contributed by atoms with van der Waals surface area (Å²) in [6, 6.07) is 6.65. The zero-order chi connectivity index (χ0) is 25.4. The number of esters is 1. The van der Waals surface area contributed by atoms with Crippen molar-refractivity contribution >= 4 is 34.3 Å². The monoisotopic (exact) mass is 495 g/mol. The molecule has 0 spiro atoms. The maximum Gasteiger partial charge on any atom is 0.358 e. The van der Waals surface area contributed by atoms with E-state index in [1.165, 1.54) is 35.5 Å². The Labute approximate surface area is 201 Å². The molecule has 5 rings (SSSR count). The number of nitro groups is 1. The molecule has 4 aromatic rings. The van der Waals surface area contributed by atoms with Crippen LogP contribution >= 0.6 is 0 Å². The van der Waals surface area contributed by atoms with Gasteiger partial charge in [0.15, 0.2) is 11.2 Å². The predicted octanol–water partition coefficient (Wildman–Crippen LogP) is 2.70. The molecule has 184 valence electrons. The molecule has 0 radical (unpaired) electrons. The van der Waals surface area contributed by atoms with E-state index in [1.807, 2.05) is 0 Å². The standard InChI is InChI=1S/C22H18FN7O6/c1-28-10-17-20(25-11-29(17)15-5-3-12(23)9-13(15)21(28)31)22(32)35-8-2-7-24-14-4-6-16(30(33)34)19-18(14)26-36-27-19/h3-6,9,11,24H,2,7-8,10H2,1H3. The van der Waals surface area contributed by atoms with Gasteiger partial charge in [-0.1, -0.05) is 0 Å². The average molecular weight is 495 g/mol. The van der Waals surface area contributed by atoms with Gasteiger partial charge in [0.05, 0.1) is 40.7 Å². The highest BCUT2D eigenvalue weighted by Crippen LogP contribution is 2.29. The molecule has 2 aromatic carbocycles. The molecule has 0 bridgehead atoms. The smallest absolute Gasteiger partial charge is 0.358 e. The third-order valence-electron chi connectivity index (χ3n) is 5.70. The highest BCUT2D eigenvalue weighted by Gasteiger charge is 2.29. The second-order valence-electron chi connectivity index (χ2n) is 8.00. The molecule has 0 atom stereocenters. The number of rotatable bonds is 7. The normalized spacial score (nSPS) is 12.7. The van der Waals surface area contributed by atoms with E-state index in [1.54, 1.807) is 11.6 Å². The fourth-order valence-electron chi connectivity index (χ4n) is 3.97. The molecule has 14 heteroatoms. The van der Waals surface area contributed by atoms with Gasteiger partial charge in [-0.3, -0.25) is 19.5 Å². The summed E-state index contributed by atoms with van der Waals surface area (Å²) in [6.45, 7) is 0.509. The fraction of sp³-hybridized carbons (Fsp3) is 0.227. The van der Waals surface area contributed by atoms with Crippen molar-refractivity contribution in [3.8, 4) is 5.69 Å². The molecule has 0 unspecified atom stereocenters. The molecule has 3 heterocycles. The Bertz CT molecular complexity index is 1510. The van der Waals surface area contributed by atoms with E-state index in [0.717, 1.165) is 6.07 Å². The van der Waals surface area contributed by atoms with Crippen LogP contribution in [0, 0.1) is 15.9 Å². The maximum absolute atomic E-state index is 13.7. The Balaban J connectivity index is 1.23. The lowest BCUT2D eigenvalue weighted by molar-refractivity contribution is -0.383. The van der Waals surface area contributed by atoms with E-state index < -0.39 is 16.7 Å². The van der Waals surface area contributed by atoms with Crippen LogP contribution in [0.2, 0.25) is 0 Å². The predicted molar refractivity (Wildman–Crippen MR) is 121 cm³/mol. The van der Waals surface area contributed by atoms with E-state index in [0.29, 0.717) is 30.0 Å². The van der Waals surface area contributed by atoms with Crippen molar-refractivity contribution in [3.63, 3.8) is 0 Å². The molecule has 2 aromatic heterocycles. The lowest BCUT2D eigenvalue weighted by Crippen LogP contribution is -2.26. The lowest BCUT2D eigenvalue weighted by Gasteiger charge is -2.14. The van der Waals surface area contributed by atoms with E-state index in [4.69, 9.17) is 4.74 Å². The number of carbonyl (C=O) groups excluding carboxylic acids is 2. The number of hydrogen-bond acceptors (Lipinski definition) is 10. The topological polar surface area (TPSA) is 159 Å². The highest BCUT2D eigenvalue weighted by molar-refractivity contribution is 5.99. The third kappa shape index (κ3) is 3.97. The molecule has 0 fully saturated rings. The summed E-state index contributed by atoms with van der Waals surface area (Å²) in [4.78, 5) is 41.5. The third-order valence-corrected chi connectivity index (χ3v) is 5.70. The van der Waals surface area contributed by atoms with Crippen LogP contribution in [-0.4, -0.2) is 61.8 Å². The van der Waals surface area contributed by atoms with E-state index >= 15 is 0 Å². The van der Waals surface area contributed by atoms with Crippen LogP contribution in [0.4, 0.5) is 15.8 Å². The molecule has 1 N–H and O–H groups in total. The highest BCUT2D eigenvalue weighted by atomic mass is 19.1. The number of non-ortho nitro benzene ring substituents is 1. The molecule has 0 saturated carbocycles. The van der Waals surface area contributed by atoms with Crippen molar-refractivity contribution in [2.24, 2.45) is 0 Å². The van der Waals surface area contributed by atoms with Gasteiger partial charge in [0.25, 0.3) is 5.91 Å². The minimum atomic E-state index is -0.659. The number of hydrogen-bond donors (Lipinski definition) is 1. The lowest BCUT2D eigenvalue weighted by atomic mass is 10.1. The summed E-state index contributed by atoms with van der Waals surface area (Å²) in [5.74, 6) is -1.57. The largest absolute Gasteiger partial charge is 0.461 e. The van der Waals surface area contributed by atoms with Crippen LogP contribution in [0.5, 0.6) is 0 Å². The first-order valence-electron chi connectivity index (χ1n) is 10.8. The van der Waals surface area contributed by atoms with Crippen molar-refractivity contribution in [3.05, 3.63) is 69.5 Å². The summed E-state index contributed by atoms with van der Waals surface area (Å²) in [6.07, 6.45) is 1.81. The summed E-state index contributed by atoms with van der Waals surface area (Å²) in [5, 5.41) is 21.4. The fourth-order valence-corrected chi connectivity index (χ4v) is 3.97. The molecule has 0 saturated heterocycles. The summed E-state index contributed by atoms with van der Waals surface area (Å²) in [7, 11) is 1.56. The van der Waals surface area contributed by atoms with Crippen molar-refractivity contribution in [2.45, 2.75) is 13.0 Å². The molecule has 1 amide bonds. The zero-order valence-corrected chi connectivity index (χ0v) is 18.8. The van der Waals surface area contributed by atoms with E-state index in [2.05, 4.69) is 25.2 Å². The van der Waals surface area contributed by atoms with Crippen LogP contribution in [-0.2, 0) is 11.3 Å². The first-order chi connectivity index (χ1) is 17.3. The minimum Gasteiger partial charge on any atom is -0.461 e. The van der Waals surface area contributed by atoms with Crippen molar-refractivity contribution in [1.82, 2.24) is 24.8 Å². The van der Waals surface area contributed by atoms with Crippen molar-refractivity contribution in [2.75, 3.05) is 25.5 Å². The number of carbonyl (C=O) groups is 2. The number of anilines is 1. The second-order valence-corrected chi connectivity index (χ2v) is 8.00. The Hall–Kier alpha value is -4.88. The van der Waals surface area contributed by atoms with Crippen LogP contribution in [0.15, 0.2) is 41.3 Å². The van der Waals surface area contributed by atoms with Gasteiger partial charge in [-0.2, -0.15) is 0 Å². The summed E-state index contributed by atoms with van der Waals surface area (Å²) in [5.41, 5.74) is 1.63. The molecule has 1 aliphatic heterocycles. The van der Waals surface area contributed by atoms with Gasteiger partial charge in [-0.15, -0.1) is 0 Å². The number of halogens is 1. The number of nitrogens with one attached hydrogen (secondary N) is 1. The number of fused-ring (bicyclic) bond motifs is 4. The number of ether oxygens (including phenoxy) is 1. The number of nitrogens with zero attached hydrogens (tertiary/aromatic N) is 6. The van der Waals surface area contributed by atoms with Gasteiger partial charge >= 0.3 is 11.7 Å². The SMILES string of the molecule is CN1Cc2c(C(=O)OCCCNc3ccc([N+](=O)[O-])c4nonc34)ncn2-c2ccc(F)cc2C1=O. The number of benzene rings is 2. The Morgan fingerprint density at radius 2 is 2.08 bits per heavy atom. The molecular weight excluding hydrogens is 477 g/mol. The molecule has 36 heavy (non-hydrogen) atoms. The first kappa shape index (κ1) is 22.9. The Kier molecular flexibility index (Phi) is 5.76. The van der Waals surface area contributed by atoms with Gasteiger partial charge in [0.1, 0.15) is 12.1 Å². The number of nitro benzene ring substituents is 1. The number of amides is 1. The average Bonchev–Trinajstić information content (AvgIpc) is 3.49. The molecular formula is C22H18FN7O6. The first-order valence-corrected chi connectivity index (χ1v) is 10.8. The van der Waals surface area contributed by atoms with Gasteiger partial charge in [0.2, 0.25) is 5.52 Å². The maximum atomic E-state index is 13.7. The number of imidazole rings is 1. The molecule has 1 aliphatic rings. The Morgan fingerprint density at radius 3 is 2.89 bits per heavy atom. The van der Waals surface area contributed by atoms with Gasteiger partial charge in [0, 0.05) is 19.7 Å². The zero-order valence-electron chi connectivity index (χ0n) is 18.8. The van der Waals surface area contributed by atoms with Crippen LogP contribution in [0.25, 0.3) is 16.7 Å². The quantitative estimate of drug-likeness (QED) is 0.175. The number of aromatic nitrogens is 4. The van der Waals surface area contributed by atoms with Gasteiger partial charge < -0.3 is 15.0 Å². The Morgan fingerprint density at radius 1 is 1.28 bits per heavy atom. The molecule has 0 aliphatic carbocycles. The minimum absolute atomic E-state index is 0.0321. The van der Waals surface area contributed by atoms with Crippen molar-refractivity contribution in [1.29, 1.82) is 0 Å². The van der Waals surface area contributed by atoms with E-state index in [9.17, 15) is 24.1 Å². The second kappa shape index (κ2) is 9.05. The van der Waals surface area contributed by atoms with Gasteiger partial charge in [-0.25, -0.2) is 18.8 Å². The summed E-state index contributed by atoms with van der Waals surface area (Å²) < 4.78 is 25.3. The van der Waals surface area contributed by atoms with Crippen LogP contribution in [0.3, 0.4) is 0 Å². The van der Waals surface area contributed by atoms with Crippen molar-refractivity contribution < 1.29 is 28.3 Å². The van der Waals surface area contributed by atoms with Crippen LogP contribution in [0.1, 0.15) is 33.0 Å².